The van der Waals surface area contributed by atoms with E-state index in [0.717, 1.165) is 24.3 Å². The third-order valence-corrected chi connectivity index (χ3v) is 3.09. The molecule has 1 aliphatic heterocycles. The number of hydrogen-bond acceptors (Lipinski definition) is 4. The molecule has 1 aromatic rings. The van der Waals surface area contributed by atoms with Gasteiger partial charge >= 0.3 is 0 Å². The lowest BCUT2D eigenvalue weighted by Gasteiger charge is -2.24. The van der Waals surface area contributed by atoms with Crippen LogP contribution in [0.5, 0.6) is 0 Å². The van der Waals surface area contributed by atoms with Crippen molar-refractivity contribution >= 4 is 17.9 Å². The summed E-state index contributed by atoms with van der Waals surface area (Å²) in [4.78, 5) is 22.4. The monoisotopic (exact) mass is 318 g/mol. The lowest BCUT2D eigenvalue weighted by molar-refractivity contribution is -0.119. The number of allylic oxidation sites excluding steroid dienone is 2. The minimum absolute atomic E-state index is 0.0445. The normalized spacial score (nSPS) is 14.4. The first kappa shape index (κ1) is 16.2. The van der Waals surface area contributed by atoms with Crippen molar-refractivity contribution in [2.75, 3.05) is 0 Å². The van der Waals surface area contributed by atoms with E-state index in [2.05, 4.69) is 5.43 Å². The average Bonchev–Trinajstić information content (AvgIpc) is 2.51. The van der Waals surface area contributed by atoms with Gasteiger partial charge in [0.15, 0.2) is 5.76 Å². The van der Waals surface area contributed by atoms with Crippen LogP contribution in [0.15, 0.2) is 53.6 Å². The van der Waals surface area contributed by atoms with E-state index < -0.39 is 17.5 Å². The Morgan fingerprint density at radius 1 is 1.35 bits per heavy atom. The molecule has 1 aliphatic rings. The van der Waals surface area contributed by atoms with Crippen LogP contribution in [0.4, 0.5) is 8.78 Å². The third-order valence-electron chi connectivity index (χ3n) is 3.09. The summed E-state index contributed by atoms with van der Waals surface area (Å²) in [5.41, 5.74) is 2.19. The maximum Gasteiger partial charge on any atom is 0.262 e. The molecule has 1 heterocycles. The van der Waals surface area contributed by atoms with Crippen molar-refractivity contribution in [3.05, 3.63) is 70.8 Å². The molecule has 5 nitrogen and oxygen atoms in total. The van der Waals surface area contributed by atoms with Crippen molar-refractivity contribution in [2.45, 2.75) is 6.92 Å². The van der Waals surface area contributed by atoms with Gasteiger partial charge in [-0.1, -0.05) is 6.07 Å². The Balaban J connectivity index is 2.12. The average molecular weight is 318 g/mol. The second kappa shape index (κ2) is 6.72. The molecule has 0 aliphatic carbocycles. The summed E-state index contributed by atoms with van der Waals surface area (Å²) in [5.74, 6) is -1.03. The Kier molecular flexibility index (Phi) is 4.73. The number of benzene rings is 1. The number of nitrogens with one attached hydrogen (secondary N) is 1. The quantitative estimate of drug-likeness (QED) is 0.663. The summed E-state index contributed by atoms with van der Waals surface area (Å²) < 4.78 is 26.9. The summed E-state index contributed by atoms with van der Waals surface area (Å²) in [6.07, 6.45) is 4.55. The fourth-order valence-corrected chi connectivity index (χ4v) is 1.84. The van der Waals surface area contributed by atoms with Crippen molar-refractivity contribution in [1.29, 1.82) is 0 Å². The highest BCUT2D eigenvalue weighted by atomic mass is 19.1. The molecule has 2 rings (SSSR count). The summed E-state index contributed by atoms with van der Waals surface area (Å²) in [7, 11) is 0. The van der Waals surface area contributed by atoms with Gasteiger partial charge < -0.3 is 5.11 Å². The number of aliphatic hydroxyl groups excluding tert-OH is 1. The third kappa shape index (κ3) is 3.53. The first-order valence-electron chi connectivity index (χ1n) is 6.49. The number of hydrazine groups is 1. The van der Waals surface area contributed by atoms with Gasteiger partial charge in [-0.05, 0) is 31.2 Å². The number of aliphatic hydroxyl groups is 1. The maximum atomic E-state index is 13.4. The van der Waals surface area contributed by atoms with Crippen LogP contribution < -0.4 is 5.43 Å². The van der Waals surface area contributed by atoms with Crippen LogP contribution >= 0.6 is 0 Å². The van der Waals surface area contributed by atoms with Crippen LogP contribution in [0.2, 0.25) is 0 Å². The van der Waals surface area contributed by atoms with Gasteiger partial charge in [-0.25, -0.2) is 13.6 Å². The molecule has 0 unspecified atom stereocenters. The molecule has 0 atom stereocenters. The summed E-state index contributed by atoms with van der Waals surface area (Å²) in [6.45, 7) is 1.47. The fourth-order valence-electron chi connectivity index (χ4n) is 1.84. The minimum Gasteiger partial charge on any atom is -0.505 e. The first-order valence-corrected chi connectivity index (χ1v) is 6.49. The Morgan fingerprint density at radius 2 is 2.00 bits per heavy atom. The second-order valence-corrected chi connectivity index (χ2v) is 4.58. The number of nitrogens with zero attached hydrogens (tertiary/aromatic N) is 1. The highest BCUT2D eigenvalue weighted by Gasteiger charge is 2.17. The fraction of sp³-hybridized carbons (Fsp3) is 0.0625. The lowest BCUT2D eigenvalue weighted by Crippen LogP contribution is -2.38. The van der Waals surface area contributed by atoms with E-state index in [-0.39, 0.29) is 22.6 Å². The van der Waals surface area contributed by atoms with E-state index in [4.69, 9.17) is 0 Å². The number of amides is 1. The topological polar surface area (TPSA) is 69.6 Å². The summed E-state index contributed by atoms with van der Waals surface area (Å²) >= 11 is 0. The number of halogens is 2. The van der Waals surface area contributed by atoms with Gasteiger partial charge in [0.1, 0.15) is 23.1 Å². The number of hydrogen-bond donors (Lipinski definition) is 2. The van der Waals surface area contributed by atoms with E-state index in [1.54, 1.807) is 5.94 Å². The maximum absolute atomic E-state index is 13.4. The van der Waals surface area contributed by atoms with Gasteiger partial charge in [-0.15, -0.1) is 0 Å². The Labute approximate surface area is 130 Å². The van der Waals surface area contributed by atoms with E-state index in [0.29, 0.717) is 0 Å². The Bertz CT molecular complexity index is 770. The van der Waals surface area contributed by atoms with Crippen molar-refractivity contribution in [1.82, 2.24) is 10.4 Å². The van der Waals surface area contributed by atoms with Crippen LogP contribution in [0.1, 0.15) is 12.5 Å². The predicted molar refractivity (Wildman–Crippen MR) is 79.0 cm³/mol. The molecule has 0 saturated heterocycles. The molecular weight excluding hydrogens is 306 g/mol. The zero-order valence-corrected chi connectivity index (χ0v) is 12.0. The standard InChI is InChI=1S/C16H12F2N2O3/c1-10-16(23)11(9-21)7-8-20(10)19-15(22)6-5-12-13(17)3-2-4-14(12)18/h2-8,23H,1H3,(H,19,22)/b6-5+. The van der Waals surface area contributed by atoms with Gasteiger partial charge in [0.25, 0.3) is 5.91 Å². The summed E-state index contributed by atoms with van der Waals surface area (Å²) in [5, 5.41) is 10.9. The van der Waals surface area contributed by atoms with E-state index in [9.17, 15) is 23.5 Å². The Hall–Kier alpha value is -3.18. The molecule has 0 fully saturated rings. The van der Waals surface area contributed by atoms with Gasteiger partial charge in [-0.2, -0.15) is 0 Å². The SMILES string of the molecule is CC1=C(O)C(=C=O)C=CN1NC(=O)/C=C/c1c(F)cccc1F. The molecule has 1 amide bonds. The smallest absolute Gasteiger partial charge is 0.262 e. The zero-order valence-electron chi connectivity index (χ0n) is 12.0. The van der Waals surface area contributed by atoms with Gasteiger partial charge in [-0.3, -0.25) is 15.2 Å². The van der Waals surface area contributed by atoms with E-state index in [1.165, 1.54) is 30.3 Å². The molecular formula is C16H12F2N2O3. The van der Waals surface area contributed by atoms with Crippen LogP contribution in [0.3, 0.4) is 0 Å². The first-order chi connectivity index (χ1) is 10.9. The van der Waals surface area contributed by atoms with Crippen molar-refractivity contribution in [3.8, 4) is 0 Å². The molecule has 23 heavy (non-hydrogen) atoms. The molecule has 0 aromatic heterocycles. The minimum atomic E-state index is -0.790. The van der Waals surface area contributed by atoms with E-state index in [1.807, 2.05) is 0 Å². The van der Waals surface area contributed by atoms with E-state index >= 15 is 0 Å². The van der Waals surface area contributed by atoms with Gasteiger partial charge in [0.2, 0.25) is 0 Å². The molecule has 0 spiro atoms. The highest BCUT2D eigenvalue weighted by molar-refractivity contribution is 5.91. The van der Waals surface area contributed by atoms with Crippen LogP contribution in [0.25, 0.3) is 6.08 Å². The van der Waals surface area contributed by atoms with Crippen molar-refractivity contribution in [3.63, 3.8) is 0 Å². The molecule has 0 radical (unpaired) electrons. The predicted octanol–water partition coefficient (Wildman–Crippen LogP) is 2.39. The lowest BCUT2D eigenvalue weighted by atomic mass is 10.1. The number of rotatable bonds is 3. The number of carbonyl (C=O) groups excluding carboxylic acids is 2. The molecule has 118 valence electrons. The largest absolute Gasteiger partial charge is 0.505 e. The molecule has 2 N–H and O–H groups in total. The molecule has 0 saturated carbocycles. The summed E-state index contributed by atoms with van der Waals surface area (Å²) in [6, 6.07) is 3.37. The van der Waals surface area contributed by atoms with Crippen LogP contribution in [-0.4, -0.2) is 22.0 Å². The van der Waals surface area contributed by atoms with Gasteiger partial charge in [0, 0.05) is 17.8 Å². The molecule has 7 heteroatoms. The van der Waals surface area contributed by atoms with Crippen LogP contribution in [-0.2, 0) is 9.59 Å². The molecule has 0 bridgehead atoms. The van der Waals surface area contributed by atoms with Crippen molar-refractivity contribution < 1.29 is 23.5 Å². The molecule has 1 aromatic carbocycles. The highest BCUT2D eigenvalue weighted by Crippen LogP contribution is 2.19. The van der Waals surface area contributed by atoms with Crippen LogP contribution in [0, 0.1) is 11.6 Å². The zero-order chi connectivity index (χ0) is 17.0. The second-order valence-electron chi connectivity index (χ2n) is 4.58. The van der Waals surface area contributed by atoms with Gasteiger partial charge in [0.05, 0.1) is 5.70 Å². The van der Waals surface area contributed by atoms with Crippen molar-refractivity contribution in [2.24, 2.45) is 0 Å². The Morgan fingerprint density at radius 3 is 2.61 bits per heavy atom. The number of carbonyl (C=O) groups is 1.